The lowest BCUT2D eigenvalue weighted by molar-refractivity contribution is -0.116. The second-order valence-electron chi connectivity index (χ2n) is 7.57. The van der Waals surface area contributed by atoms with E-state index >= 15 is 0 Å². The maximum absolute atomic E-state index is 12.5. The minimum absolute atomic E-state index is 0.0995. The van der Waals surface area contributed by atoms with E-state index in [1.165, 1.54) is 50.1 Å². The summed E-state index contributed by atoms with van der Waals surface area (Å²) in [6.45, 7) is 0. The van der Waals surface area contributed by atoms with Crippen LogP contribution in [0.2, 0.25) is 0 Å². The number of halogens is 1. The number of nitrogens with one attached hydrogen (secondary N) is 1. The molecule has 1 heterocycles. The minimum Gasteiger partial charge on any atom is -0.344 e. The van der Waals surface area contributed by atoms with E-state index in [-0.39, 0.29) is 11.9 Å². The zero-order valence-corrected chi connectivity index (χ0v) is 17.4. The Balaban J connectivity index is 1.38. The van der Waals surface area contributed by atoms with Crippen molar-refractivity contribution in [1.29, 1.82) is 0 Å². The maximum atomic E-state index is 12.5. The van der Waals surface area contributed by atoms with Crippen LogP contribution >= 0.6 is 27.7 Å². The fourth-order valence-electron chi connectivity index (χ4n) is 3.88. The molecular weight excluding hydrogens is 410 g/mol. The molecule has 1 amide bonds. The Bertz CT molecular complexity index is 668. The molecule has 1 aromatic rings. The molecular formula is C20H26BrN3OS. The Labute approximate surface area is 168 Å². The van der Waals surface area contributed by atoms with Gasteiger partial charge in [0.25, 0.3) is 0 Å². The summed E-state index contributed by atoms with van der Waals surface area (Å²) in [7, 11) is 0. The number of aliphatic imine (C=N–C) groups is 1. The van der Waals surface area contributed by atoms with Crippen LogP contribution in [-0.2, 0) is 4.79 Å². The van der Waals surface area contributed by atoms with Gasteiger partial charge in [-0.25, -0.2) is 0 Å². The molecule has 6 heteroatoms. The van der Waals surface area contributed by atoms with E-state index in [1.807, 2.05) is 36.0 Å². The summed E-state index contributed by atoms with van der Waals surface area (Å²) in [5, 5.41) is 4.25. The van der Waals surface area contributed by atoms with Gasteiger partial charge >= 0.3 is 0 Å². The lowest BCUT2D eigenvalue weighted by Crippen LogP contribution is -2.38. The van der Waals surface area contributed by atoms with Crippen LogP contribution in [0, 0.1) is 0 Å². The van der Waals surface area contributed by atoms with Crippen molar-refractivity contribution in [2.24, 2.45) is 4.99 Å². The molecule has 2 aliphatic carbocycles. The third-order valence-electron chi connectivity index (χ3n) is 5.38. The van der Waals surface area contributed by atoms with Crippen LogP contribution in [0.25, 0.3) is 0 Å². The zero-order valence-electron chi connectivity index (χ0n) is 15.0. The number of carbonyl (C=O) groups is 1. The van der Waals surface area contributed by atoms with E-state index < -0.39 is 0 Å². The molecule has 0 bridgehead atoms. The fourth-order valence-corrected chi connectivity index (χ4v) is 5.43. The van der Waals surface area contributed by atoms with Crippen molar-refractivity contribution in [3.8, 4) is 0 Å². The third kappa shape index (κ3) is 4.63. The van der Waals surface area contributed by atoms with Gasteiger partial charge in [-0.05, 0) is 49.9 Å². The molecule has 1 aromatic carbocycles. The van der Waals surface area contributed by atoms with E-state index in [1.54, 1.807) is 0 Å². The molecule has 140 valence electrons. The van der Waals surface area contributed by atoms with Crippen molar-refractivity contribution in [3.63, 3.8) is 0 Å². The lowest BCUT2D eigenvalue weighted by Gasteiger charge is -2.27. The van der Waals surface area contributed by atoms with E-state index in [4.69, 9.17) is 4.99 Å². The first-order valence-corrected chi connectivity index (χ1v) is 11.5. The molecule has 4 rings (SSSR count). The Kier molecular flexibility index (Phi) is 5.89. The fraction of sp³-hybridized carbons (Fsp3) is 0.600. The van der Waals surface area contributed by atoms with Crippen LogP contribution in [0.4, 0.5) is 5.69 Å². The monoisotopic (exact) mass is 435 g/mol. The van der Waals surface area contributed by atoms with Crippen molar-refractivity contribution < 1.29 is 4.79 Å². The number of thioether (sulfide) groups is 1. The second kappa shape index (κ2) is 8.34. The lowest BCUT2D eigenvalue weighted by atomic mass is 9.96. The Morgan fingerprint density at radius 3 is 2.58 bits per heavy atom. The number of amidine groups is 1. The predicted molar refractivity (Wildman–Crippen MR) is 113 cm³/mol. The van der Waals surface area contributed by atoms with Crippen molar-refractivity contribution >= 4 is 44.5 Å². The summed E-state index contributed by atoms with van der Waals surface area (Å²) >= 11 is 5.29. The van der Waals surface area contributed by atoms with Crippen molar-refractivity contribution in [1.82, 2.24) is 4.90 Å². The molecule has 26 heavy (non-hydrogen) atoms. The van der Waals surface area contributed by atoms with Gasteiger partial charge < -0.3 is 10.2 Å². The largest absolute Gasteiger partial charge is 0.344 e. The van der Waals surface area contributed by atoms with Gasteiger partial charge in [0.1, 0.15) is 0 Å². The van der Waals surface area contributed by atoms with E-state index in [0.29, 0.717) is 18.5 Å². The molecule has 4 nitrogen and oxygen atoms in total. The maximum Gasteiger partial charge on any atom is 0.226 e. The van der Waals surface area contributed by atoms with E-state index in [2.05, 4.69) is 26.1 Å². The topological polar surface area (TPSA) is 44.7 Å². The van der Waals surface area contributed by atoms with Crippen LogP contribution in [0.1, 0.15) is 51.4 Å². The quantitative estimate of drug-likeness (QED) is 0.703. The third-order valence-corrected chi connectivity index (χ3v) is 7.03. The SMILES string of the molecule is O=C(CC1CSC(=NC2CCCCC2)N1C1CC1)Nc1ccc(Br)cc1. The normalized spacial score (nSPS) is 25.7. The second-order valence-corrected chi connectivity index (χ2v) is 9.47. The summed E-state index contributed by atoms with van der Waals surface area (Å²) < 4.78 is 1.02. The summed E-state index contributed by atoms with van der Waals surface area (Å²) in [4.78, 5) is 20.1. The predicted octanol–water partition coefficient (Wildman–Crippen LogP) is 5.05. The number of benzene rings is 1. The number of nitrogens with zero attached hydrogens (tertiary/aromatic N) is 2. The number of hydrogen-bond donors (Lipinski definition) is 1. The van der Waals surface area contributed by atoms with Crippen LogP contribution < -0.4 is 5.32 Å². The highest BCUT2D eigenvalue weighted by Crippen LogP contribution is 2.38. The van der Waals surface area contributed by atoms with E-state index in [0.717, 1.165) is 15.9 Å². The molecule has 0 radical (unpaired) electrons. The van der Waals surface area contributed by atoms with Gasteiger partial charge in [0.05, 0.1) is 6.04 Å². The molecule has 1 aliphatic heterocycles. The van der Waals surface area contributed by atoms with Gasteiger partial charge in [-0.3, -0.25) is 9.79 Å². The van der Waals surface area contributed by atoms with Crippen LogP contribution in [0.15, 0.2) is 33.7 Å². The van der Waals surface area contributed by atoms with Gasteiger partial charge in [0.2, 0.25) is 5.91 Å². The standard InChI is InChI=1S/C20H26BrN3OS/c21-14-6-8-16(9-7-14)22-19(25)12-18-13-26-20(24(18)17-10-11-17)23-15-4-2-1-3-5-15/h6-9,15,17-18H,1-5,10-13H2,(H,22,25). The highest BCUT2D eigenvalue weighted by molar-refractivity contribution is 9.10. The van der Waals surface area contributed by atoms with Crippen molar-refractivity contribution in [2.75, 3.05) is 11.1 Å². The van der Waals surface area contributed by atoms with Gasteiger partial charge in [0, 0.05) is 34.4 Å². The Hall–Kier alpha value is -1.01. The molecule has 0 aromatic heterocycles. The molecule has 1 saturated heterocycles. The number of anilines is 1. The average molecular weight is 436 g/mol. The number of carbonyl (C=O) groups excluding carboxylic acids is 1. The molecule has 2 saturated carbocycles. The molecule has 0 spiro atoms. The van der Waals surface area contributed by atoms with Gasteiger partial charge in [-0.15, -0.1) is 0 Å². The highest BCUT2D eigenvalue weighted by atomic mass is 79.9. The van der Waals surface area contributed by atoms with E-state index in [9.17, 15) is 4.79 Å². The molecule has 3 fully saturated rings. The first-order valence-electron chi connectivity index (χ1n) is 9.73. The molecule has 1 N–H and O–H groups in total. The first kappa shape index (κ1) is 18.4. The number of rotatable bonds is 5. The van der Waals surface area contributed by atoms with Crippen LogP contribution in [0.3, 0.4) is 0 Å². The first-order chi connectivity index (χ1) is 12.7. The minimum atomic E-state index is 0.0995. The summed E-state index contributed by atoms with van der Waals surface area (Å²) in [6, 6.07) is 9.16. The van der Waals surface area contributed by atoms with Gasteiger partial charge in [0.15, 0.2) is 5.17 Å². The molecule has 1 atom stereocenters. The average Bonchev–Trinajstić information content (AvgIpc) is 3.41. The number of hydrogen-bond acceptors (Lipinski definition) is 3. The van der Waals surface area contributed by atoms with Crippen LogP contribution in [-0.4, -0.2) is 39.9 Å². The Morgan fingerprint density at radius 2 is 1.88 bits per heavy atom. The Morgan fingerprint density at radius 1 is 1.15 bits per heavy atom. The number of amides is 1. The zero-order chi connectivity index (χ0) is 17.9. The van der Waals surface area contributed by atoms with Crippen molar-refractivity contribution in [2.45, 2.75) is 69.5 Å². The van der Waals surface area contributed by atoms with Gasteiger partial charge in [-0.1, -0.05) is 47.0 Å². The summed E-state index contributed by atoms with van der Waals surface area (Å²) in [6.07, 6.45) is 9.49. The molecule has 1 unspecified atom stereocenters. The van der Waals surface area contributed by atoms with Crippen molar-refractivity contribution in [3.05, 3.63) is 28.7 Å². The summed E-state index contributed by atoms with van der Waals surface area (Å²) in [5.74, 6) is 1.08. The smallest absolute Gasteiger partial charge is 0.226 e. The highest BCUT2D eigenvalue weighted by Gasteiger charge is 2.41. The summed E-state index contributed by atoms with van der Waals surface area (Å²) in [5.41, 5.74) is 0.859. The molecule has 3 aliphatic rings. The van der Waals surface area contributed by atoms with Gasteiger partial charge in [-0.2, -0.15) is 0 Å². The van der Waals surface area contributed by atoms with Crippen LogP contribution in [0.5, 0.6) is 0 Å².